The monoisotopic (exact) mass is 273 g/mol. The maximum Gasteiger partial charge on any atom is 0.308 e. The van der Waals surface area contributed by atoms with E-state index in [0.717, 1.165) is 11.1 Å². The number of carbonyl (C=O) groups is 1. The topological polar surface area (TPSA) is 63.3 Å². The Morgan fingerprint density at radius 1 is 1.35 bits per heavy atom. The molecule has 1 aromatic heterocycles. The second-order valence-electron chi connectivity index (χ2n) is 5.38. The van der Waals surface area contributed by atoms with Crippen LogP contribution in [0.2, 0.25) is 0 Å². The molecule has 0 aliphatic rings. The number of benzene rings is 1. The molecular formula is C16H19NO3. The number of carboxylic acids is 1. The molecule has 0 bridgehead atoms. The summed E-state index contributed by atoms with van der Waals surface area (Å²) < 4.78 is 5.38. The summed E-state index contributed by atoms with van der Waals surface area (Å²) in [5.74, 6) is 0.0985. The first kappa shape index (κ1) is 14.3. The van der Waals surface area contributed by atoms with Crippen molar-refractivity contribution in [2.24, 2.45) is 0 Å². The molecule has 2 rings (SSSR count). The van der Waals surface area contributed by atoms with Gasteiger partial charge in [-0.3, -0.25) is 4.79 Å². The third-order valence-electron chi connectivity index (χ3n) is 3.49. The van der Waals surface area contributed by atoms with Crippen LogP contribution in [0.5, 0.6) is 0 Å². The molecule has 0 spiro atoms. The largest absolute Gasteiger partial charge is 0.481 e. The third kappa shape index (κ3) is 2.74. The fourth-order valence-electron chi connectivity index (χ4n) is 2.20. The normalized spacial score (nSPS) is 11.1. The predicted molar refractivity (Wildman–Crippen MR) is 76.8 cm³/mol. The van der Waals surface area contributed by atoms with Crippen molar-refractivity contribution in [2.75, 3.05) is 0 Å². The van der Waals surface area contributed by atoms with Crippen molar-refractivity contribution in [1.82, 2.24) is 5.16 Å². The van der Waals surface area contributed by atoms with E-state index in [1.807, 2.05) is 13.0 Å². The molecule has 4 heteroatoms. The molecule has 4 nitrogen and oxygen atoms in total. The van der Waals surface area contributed by atoms with E-state index >= 15 is 0 Å². The number of nitrogens with zero attached hydrogens (tertiary/aromatic N) is 1. The molecule has 1 N–H and O–H groups in total. The highest BCUT2D eigenvalue weighted by molar-refractivity contribution is 5.76. The molecule has 1 heterocycles. The first-order valence-electron chi connectivity index (χ1n) is 6.68. The van der Waals surface area contributed by atoms with Crippen molar-refractivity contribution in [3.8, 4) is 11.3 Å². The van der Waals surface area contributed by atoms with E-state index < -0.39 is 5.97 Å². The lowest BCUT2D eigenvalue weighted by atomic mass is 9.94. The van der Waals surface area contributed by atoms with Gasteiger partial charge in [-0.1, -0.05) is 31.1 Å². The van der Waals surface area contributed by atoms with Crippen molar-refractivity contribution < 1.29 is 14.4 Å². The van der Waals surface area contributed by atoms with Gasteiger partial charge in [-0.2, -0.15) is 0 Å². The molecule has 0 unspecified atom stereocenters. The van der Waals surface area contributed by atoms with Gasteiger partial charge in [-0.15, -0.1) is 0 Å². The zero-order valence-corrected chi connectivity index (χ0v) is 12.2. The first-order valence-corrected chi connectivity index (χ1v) is 6.68. The van der Waals surface area contributed by atoms with Crippen molar-refractivity contribution in [2.45, 2.75) is 40.0 Å². The van der Waals surface area contributed by atoms with E-state index in [2.05, 4.69) is 31.1 Å². The maximum absolute atomic E-state index is 11.0. The molecule has 0 atom stereocenters. The summed E-state index contributed by atoms with van der Waals surface area (Å²) >= 11 is 0. The van der Waals surface area contributed by atoms with Gasteiger partial charge in [0.15, 0.2) is 5.76 Å². The Kier molecular flexibility index (Phi) is 3.93. The van der Waals surface area contributed by atoms with E-state index in [1.54, 1.807) is 6.92 Å². The van der Waals surface area contributed by atoms with Crippen LogP contribution in [0, 0.1) is 13.8 Å². The number of carboxylic acid groups (broad SMARTS) is 1. The summed E-state index contributed by atoms with van der Waals surface area (Å²) in [6, 6.07) is 6.18. The van der Waals surface area contributed by atoms with E-state index in [0.29, 0.717) is 22.9 Å². The number of rotatable bonds is 4. The van der Waals surface area contributed by atoms with Gasteiger partial charge < -0.3 is 9.63 Å². The van der Waals surface area contributed by atoms with Gasteiger partial charge in [0.1, 0.15) is 0 Å². The van der Waals surface area contributed by atoms with Crippen LogP contribution in [-0.4, -0.2) is 16.2 Å². The molecule has 106 valence electrons. The number of aromatic nitrogens is 1. The van der Waals surface area contributed by atoms with Crippen LogP contribution in [0.3, 0.4) is 0 Å². The van der Waals surface area contributed by atoms with E-state index in [9.17, 15) is 4.79 Å². The van der Waals surface area contributed by atoms with Gasteiger partial charge in [0, 0.05) is 11.1 Å². The summed E-state index contributed by atoms with van der Waals surface area (Å²) in [6.45, 7) is 8.01. The third-order valence-corrected chi connectivity index (χ3v) is 3.49. The molecule has 0 aliphatic carbocycles. The van der Waals surface area contributed by atoms with Crippen LogP contribution in [0.25, 0.3) is 11.3 Å². The average molecular weight is 273 g/mol. The lowest BCUT2D eigenvalue weighted by molar-refractivity contribution is -0.136. The van der Waals surface area contributed by atoms with E-state index in [1.165, 1.54) is 5.56 Å². The zero-order valence-electron chi connectivity index (χ0n) is 12.2. The van der Waals surface area contributed by atoms with E-state index in [4.69, 9.17) is 9.63 Å². The van der Waals surface area contributed by atoms with Crippen LogP contribution < -0.4 is 0 Å². The highest BCUT2D eigenvalue weighted by atomic mass is 16.5. The number of aryl methyl sites for hydroxylation is 2. The highest BCUT2D eigenvalue weighted by Gasteiger charge is 2.19. The van der Waals surface area contributed by atoms with Crippen LogP contribution in [-0.2, 0) is 11.2 Å². The second-order valence-corrected chi connectivity index (χ2v) is 5.38. The van der Waals surface area contributed by atoms with Crippen molar-refractivity contribution >= 4 is 5.97 Å². The quantitative estimate of drug-likeness (QED) is 0.922. The molecule has 0 aliphatic heterocycles. The highest BCUT2D eigenvalue weighted by Crippen LogP contribution is 2.31. The van der Waals surface area contributed by atoms with E-state index in [-0.39, 0.29) is 6.42 Å². The van der Waals surface area contributed by atoms with Gasteiger partial charge in [-0.05, 0) is 37.0 Å². The fraction of sp³-hybridized carbons (Fsp3) is 0.375. The molecule has 1 aromatic carbocycles. The molecular weight excluding hydrogens is 254 g/mol. The van der Waals surface area contributed by atoms with Crippen molar-refractivity contribution in [1.29, 1.82) is 0 Å². The maximum atomic E-state index is 11.0. The molecule has 0 saturated carbocycles. The van der Waals surface area contributed by atoms with Gasteiger partial charge in [0.05, 0.1) is 12.1 Å². The standard InChI is InChI=1S/C16H19NO3/c1-9(2)12-6-5-10(3)13(7-12)16-14(8-15(18)19)11(4)17-20-16/h5-7,9H,8H2,1-4H3,(H,18,19). The Morgan fingerprint density at radius 2 is 2.05 bits per heavy atom. The Hall–Kier alpha value is -2.10. The zero-order chi connectivity index (χ0) is 14.9. The minimum Gasteiger partial charge on any atom is -0.481 e. The molecule has 0 radical (unpaired) electrons. The Balaban J connectivity index is 2.56. The number of hydrogen-bond donors (Lipinski definition) is 1. The van der Waals surface area contributed by atoms with Crippen LogP contribution in [0.4, 0.5) is 0 Å². The first-order chi connectivity index (χ1) is 9.40. The molecule has 20 heavy (non-hydrogen) atoms. The van der Waals surface area contributed by atoms with Crippen LogP contribution in [0.15, 0.2) is 22.7 Å². The summed E-state index contributed by atoms with van der Waals surface area (Å²) in [7, 11) is 0. The Labute approximate surface area is 118 Å². The SMILES string of the molecule is Cc1ccc(C(C)C)cc1-c1onc(C)c1CC(=O)O. The molecule has 0 amide bonds. The molecule has 0 fully saturated rings. The molecule has 0 saturated heterocycles. The smallest absolute Gasteiger partial charge is 0.308 e. The van der Waals surface area contributed by atoms with Gasteiger partial charge >= 0.3 is 5.97 Å². The van der Waals surface area contributed by atoms with Crippen molar-refractivity contribution in [3.63, 3.8) is 0 Å². The summed E-state index contributed by atoms with van der Waals surface area (Å²) in [5, 5.41) is 12.9. The lowest BCUT2D eigenvalue weighted by Crippen LogP contribution is -2.02. The van der Waals surface area contributed by atoms with Gasteiger partial charge in [0.2, 0.25) is 0 Å². The summed E-state index contributed by atoms with van der Waals surface area (Å²) in [4.78, 5) is 11.0. The Bertz CT molecular complexity index is 641. The van der Waals surface area contributed by atoms with Crippen LogP contribution >= 0.6 is 0 Å². The summed E-state index contributed by atoms with van der Waals surface area (Å²) in [5.41, 5.74) is 4.46. The number of aliphatic carboxylic acids is 1. The fourth-order valence-corrected chi connectivity index (χ4v) is 2.20. The minimum absolute atomic E-state index is 0.0734. The average Bonchev–Trinajstić information content (AvgIpc) is 2.71. The second kappa shape index (κ2) is 5.49. The molecule has 2 aromatic rings. The van der Waals surface area contributed by atoms with Gasteiger partial charge in [0.25, 0.3) is 0 Å². The minimum atomic E-state index is -0.879. The van der Waals surface area contributed by atoms with Crippen molar-refractivity contribution in [3.05, 3.63) is 40.6 Å². The van der Waals surface area contributed by atoms with Gasteiger partial charge in [-0.25, -0.2) is 0 Å². The Morgan fingerprint density at radius 3 is 2.65 bits per heavy atom. The summed E-state index contributed by atoms with van der Waals surface area (Å²) in [6.07, 6.45) is -0.0734. The predicted octanol–water partition coefficient (Wildman–Crippen LogP) is 3.71. The van der Waals surface area contributed by atoms with Crippen LogP contribution in [0.1, 0.15) is 42.1 Å². The lowest BCUT2D eigenvalue weighted by Gasteiger charge is -2.10. The number of hydrogen-bond acceptors (Lipinski definition) is 3.